The molecule has 1 aromatic heterocycles. The van der Waals surface area contributed by atoms with Crippen LogP contribution in [0.3, 0.4) is 0 Å². The summed E-state index contributed by atoms with van der Waals surface area (Å²) in [6.45, 7) is 0. The second kappa shape index (κ2) is 5.38. The fourth-order valence-corrected chi connectivity index (χ4v) is 2.59. The van der Waals surface area contributed by atoms with Gasteiger partial charge in [0.05, 0.1) is 5.56 Å². The Morgan fingerprint density at radius 1 is 1.00 bits per heavy atom. The largest absolute Gasteiger partial charge is 0.507 e. The molecular formula is C14H8Br2N2O2. The van der Waals surface area contributed by atoms with Crippen LogP contribution in [0.1, 0.15) is 0 Å². The van der Waals surface area contributed by atoms with Gasteiger partial charge in [0.1, 0.15) is 5.75 Å². The van der Waals surface area contributed by atoms with Crippen LogP contribution in [-0.2, 0) is 0 Å². The second-order valence-corrected chi connectivity index (χ2v) is 5.83. The SMILES string of the molecule is Oc1ccc(Br)cc1-c1nc(-c2ccccc2Br)no1. The number of hydrogen-bond acceptors (Lipinski definition) is 4. The Hall–Kier alpha value is -1.66. The van der Waals surface area contributed by atoms with Gasteiger partial charge in [0, 0.05) is 14.5 Å². The van der Waals surface area contributed by atoms with Crippen molar-refractivity contribution in [3.8, 4) is 28.6 Å². The van der Waals surface area contributed by atoms with E-state index in [0.717, 1.165) is 14.5 Å². The minimum Gasteiger partial charge on any atom is -0.507 e. The van der Waals surface area contributed by atoms with Gasteiger partial charge in [0.2, 0.25) is 5.82 Å². The maximum Gasteiger partial charge on any atom is 0.262 e. The molecule has 2 aromatic carbocycles. The Balaban J connectivity index is 2.07. The number of phenolic OH excluding ortho intramolecular Hbond substituents is 1. The lowest BCUT2D eigenvalue weighted by Crippen LogP contribution is -1.83. The van der Waals surface area contributed by atoms with Crippen molar-refractivity contribution >= 4 is 31.9 Å². The summed E-state index contributed by atoms with van der Waals surface area (Å²) in [5.74, 6) is 0.830. The Morgan fingerprint density at radius 3 is 2.60 bits per heavy atom. The number of nitrogens with zero attached hydrogens (tertiary/aromatic N) is 2. The van der Waals surface area contributed by atoms with E-state index in [-0.39, 0.29) is 11.6 Å². The van der Waals surface area contributed by atoms with Crippen LogP contribution in [0.4, 0.5) is 0 Å². The van der Waals surface area contributed by atoms with E-state index >= 15 is 0 Å². The number of aromatic hydroxyl groups is 1. The molecule has 3 aromatic rings. The summed E-state index contributed by atoms with van der Waals surface area (Å²) >= 11 is 6.79. The van der Waals surface area contributed by atoms with Crippen molar-refractivity contribution in [2.45, 2.75) is 0 Å². The number of rotatable bonds is 2. The zero-order chi connectivity index (χ0) is 14.1. The predicted molar refractivity (Wildman–Crippen MR) is 82.2 cm³/mol. The molecule has 20 heavy (non-hydrogen) atoms. The lowest BCUT2D eigenvalue weighted by molar-refractivity contribution is 0.425. The van der Waals surface area contributed by atoms with E-state index in [2.05, 4.69) is 42.0 Å². The summed E-state index contributed by atoms with van der Waals surface area (Å²) in [5, 5.41) is 13.8. The molecule has 0 atom stereocenters. The quantitative estimate of drug-likeness (QED) is 0.686. The van der Waals surface area contributed by atoms with E-state index in [4.69, 9.17) is 4.52 Å². The molecule has 0 saturated heterocycles. The second-order valence-electron chi connectivity index (χ2n) is 4.06. The molecule has 100 valence electrons. The van der Waals surface area contributed by atoms with Gasteiger partial charge < -0.3 is 9.63 Å². The molecule has 1 heterocycles. The number of benzene rings is 2. The smallest absolute Gasteiger partial charge is 0.262 e. The predicted octanol–water partition coefficient (Wildman–Crippen LogP) is 4.63. The van der Waals surface area contributed by atoms with Gasteiger partial charge in [-0.25, -0.2) is 0 Å². The first-order chi connectivity index (χ1) is 9.65. The number of halogens is 2. The normalized spacial score (nSPS) is 10.7. The monoisotopic (exact) mass is 394 g/mol. The highest BCUT2D eigenvalue weighted by Crippen LogP contribution is 2.33. The highest BCUT2D eigenvalue weighted by atomic mass is 79.9. The maximum atomic E-state index is 9.86. The van der Waals surface area contributed by atoms with Gasteiger partial charge in [-0.1, -0.05) is 49.1 Å². The highest BCUT2D eigenvalue weighted by Gasteiger charge is 2.15. The van der Waals surface area contributed by atoms with Gasteiger partial charge in [-0.05, 0) is 30.3 Å². The summed E-state index contributed by atoms with van der Waals surface area (Å²) in [6.07, 6.45) is 0. The van der Waals surface area contributed by atoms with Crippen molar-refractivity contribution < 1.29 is 9.63 Å². The van der Waals surface area contributed by atoms with E-state index < -0.39 is 0 Å². The van der Waals surface area contributed by atoms with Crippen molar-refractivity contribution in [2.24, 2.45) is 0 Å². The van der Waals surface area contributed by atoms with Gasteiger partial charge in [-0.3, -0.25) is 0 Å². The van der Waals surface area contributed by atoms with Crippen LogP contribution < -0.4 is 0 Å². The average molecular weight is 396 g/mol. The summed E-state index contributed by atoms with van der Waals surface area (Å²) in [4.78, 5) is 4.32. The first-order valence-electron chi connectivity index (χ1n) is 5.72. The molecule has 0 radical (unpaired) electrons. The molecule has 0 amide bonds. The number of hydrogen-bond donors (Lipinski definition) is 1. The number of aromatic nitrogens is 2. The molecule has 4 nitrogen and oxygen atoms in total. The average Bonchev–Trinajstić information content (AvgIpc) is 2.91. The third-order valence-electron chi connectivity index (χ3n) is 2.73. The Morgan fingerprint density at radius 2 is 1.80 bits per heavy atom. The topological polar surface area (TPSA) is 59.2 Å². The third kappa shape index (κ3) is 2.48. The van der Waals surface area contributed by atoms with Crippen LogP contribution in [0.5, 0.6) is 5.75 Å². The Bertz CT molecular complexity index is 771. The van der Waals surface area contributed by atoms with Crippen LogP contribution in [-0.4, -0.2) is 15.2 Å². The van der Waals surface area contributed by atoms with Crippen molar-refractivity contribution in [3.05, 3.63) is 51.4 Å². The fraction of sp³-hybridized carbons (Fsp3) is 0. The van der Waals surface area contributed by atoms with Crippen LogP contribution in [0.25, 0.3) is 22.8 Å². The minimum atomic E-state index is 0.0931. The molecule has 0 aliphatic carbocycles. The minimum absolute atomic E-state index is 0.0931. The van der Waals surface area contributed by atoms with Gasteiger partial charge in [-0.15, -0.1) is 0 Å². The molecule has 0 aliphatic heterocycles. The summed E-state index contributed by atoms with van der Waals surface area (Å²) in [6, 6.07) is 12.6. The van der Waals surface area contributed by atoms with Crippen molar-refractivity contribution in [1.82, 2.24) is 10.1 Å². The molecule has 0 aliphatic rings. The third-order valence-corrected chi connectivity index (χ3v) is 3.91. The van der Waals surface area contributed by atoms with Gasteiger partial charge in [0.25, 0.3) is 5.89 Å². The molecule has 6 heteroatoms. The first kappa shape index (κ1) is 13.3. The van der Waals surface area contributed by atoms with Crippen molar-refractivity contribution in [1.29, 1.82) is 0 Å². The maximum absolute atomic E-state index is 9.86. The van der Waals surface area contributed by atoms with E-state index in [0.29, 0.717) is 11.4 Å². The van der Waals surface area contributed by atoms with Crippen LogP contribution >= 0.6 is 31.9 Å². The van der Waals surface area contributed by atoms with E-state index in [9.17, 15) is 5.11 Å². The lowest BCUT2D eigenvalue weighted by atomic mass is 10.2. The van der Waals surface area contributed by atoms with E-state index in [1.54, 1.807) is 18.2 Å². The Kier molecular flexibility index (Phi) is 3.58. The number of phenols is 1. The standard InChI is InChI=1S/C14H8Br2N2O2/c15-8-5-6-12(19)10(7-8)14-17-13(18-20-14)9-3-1-2-4-11(9)16/h1-7,19H. The molecule has 0 bridgehead atoms. The van der Waals surface area contributed by atoms with Gasteiger partial charge in [-0.2, -0.15) is 4.98 Å². The zero-order valence-corrected chi connectivity index (χ0v) is 13.2. The molecule has 1 N–H and O–H groups in total. The highest BCUT2D eigenvalue weighted by molar-refractivity contribution is 9.10. The van der Waals surface area contributed by atoms with Gasteiger partial charge >= 0.3 is 0 Å². The molecule has 0 saturated carbocycles. The summed E-state index contributed by atoms with van der Waals surface area (Å²) < 4.78 is 6.94. The zero-order valence-electron chi connectivity index (χ0n) is 10.0. The van der Waals surface area contributed by atoms with Crippen molar-refractivity contribution in [2.75, 3.05) is 0 Å². The lowest BCUT2D eigenvalue weighted by Gasteiger charge is -1.99. The molecule has 0 fully saturated rings. The molecule has 3 rings (SSSR count). The van der Waals surface area contributed by atoms with Crippen LogP contribution in [0.2, 0.25) is 0 Å². The molecule has 0 unspecified atom stereocenters. The van der Waals surface area contributed by atoms with E-state index in [1.807, 2.05) is 24.3 Å². The molecule has 0 spiro atoms. The van der Waals surface area contributed by atoms with E-state index in [1.165, 1.54) is 0 Å². The van der Waals surface area contributed by atoms with Gasteiger partial charge in [0.15, 0.2) is 0 Å². The fourth-order valence-electron chi connectivity index (χ4n) is 1.76. The van der Waals surface area contributed by atoms with Crippen molar-refractivity contribution in [3.63, 3.8) is 0 Å². The van der Waals surface area contributed by atoms with Crippen LogP contribution in [0.15, 0.2) is 55.9 Å². The summed E-state index contributed by atoms with van der Waals surface area (Å²) in [5.41, 5.74) is 1.32. The summed E-state index contributed by atoms with van der Waals surface area (Å²) in [7, 11) is 0. The molecular weight excluding hydrogens is 388 g/mol. The Labute approximate surface area is 131 Å². The first-order valence-corrected chi connectivity index (χ1v) is 7.31. The van der Waals surface area contributed by atoms with Crippen LogP contribution in [0, 0.1) is 0 Å².